The minimum atomic E-state index is -1.75. The van der Waals surface area contributed by atoms with Crippen molar-refractivity contribution in [3.63, 3.8) is 0 Å². The van der Waals surface area contributed by atoms with Crippen molar-refractivity contribution in [1.29, 1.82) is 0 Å². The minimum absolute atomic E-state index is 0.127. The van der Waals surface area contributed by atoms with Gasteiger partial charge < -0.3 is 29.9 Å². The molecule has 3 aliphatic rings. The summed E-state index contributed by atoms with van der Waals surface area (Å²) in [4.78, 5) is 28.5. The zero-order valence-electron chi connectivity index (χ0n) is 23.3. The standard InChI is InChI=1S/C30H34B2BrNO8/c1-2-4-17(11-18-12-21(33)8-9-25(18)36)7-10-26-27-19(16-35)13-23-28(24(27)15-31(39)42-26)30(38)34(29(23)37)22-6-3-5-20(14-22)32(40)41/h3,5-6,8-9,11-12,14,23-24,26,28,35-36,39-41H,2,4,7,10,13,15-16H2,1H3/b17-11+/t23-,24+,26-,28-/m1/s1. The Morgan fingerprint density at radius 1 is 1.14 bits per heavy atom. The molecule has 2 fully saturated rings. The third-order valence-electron chi connectivity index (χ3n) is 8.57. The van der Waals surface area contributed by atoms with Crippen molar-refractivity contribution in [2.45, 2.75) is 51.5 Å². The van der Waals surface area contributed by atoms with E-state index >= 15 is 0 Å². The van der Waals surface area contributed by atoms with Crippen LogP contribution >= 0.6 is 15.9 Å². The number of nitrogens with zero attached hydrogens (tertiary/aromatic N) is 1. The first-order valence-electron chi connectivity index (χ1n) is 14.3. The van der Waals surface area contributed by atoms with Crippen LogP contribution in [0.2, 0.25) is 6.32 Å². The molecule has 2 heterocycles. The van der Waals surface area contributed by atoms with Crippen molar-refractivity contribution in [1.82, 2.24) is 0 Å². The predicted molar refractivity (Wildman–Crippen MR) is 164 cm³/mol. The van der Waals surface area contributed by atoms with Crippen molar-refractivity contribution >= 4 is 59.2 Å². The summed E-state index contributed by atoms with van der Waals surface area (Å²) in [5.74, 6) is -2.54. The van der Waals surface area contributed by atoms with E-state index in [1.807, 2.05) is 12.1 Å². The maximum Gasteiger partial charge on any atom is 0.488 e. The molecule has 2 amide bonds. The number of aliphatic hydroxyl groups excluding tert-OH is 1. The number of hydrogen-bond donors (Lipinski definition) is 5. The van der Waals surface area contributed by atoms with Gasteiger partial charge in [0, 0.05) is 10.0 Å². The summed E-state index contributed by atoms with van der Waals surface area (Å²) >= 11 is 3.45. The van der Waals surface area contributed by atoms with Crippen LogP contribution in [0.25, 0.3) is 6.08 Å². The second-order valence-electron chi connectivity index (χ2n) is 11.2. The molecule has 5 rings (SSSR count). The number of amides is 2. The maximum atomic E-state index is 13.8. The van der Waals surface area contributed by atoms with Gasteiger partial charge in [0.2, 0.25) is 11.8 Å². The molecular weight excluding hydrogens is 604 g/mol. The molecule has 9 nitrogen and oxygen atoms in total. The monoisotopic (exact) mass is 637 g/mol. The van der Waals surface area contributed by atoms with Crippen LogP contribution in [0, 0.1) is 17.8 Å². The Morgan fingerprint density at radius 3 is 2.64 bits per heavy atom. The third kappa shape index (κ3) is 6.02. The van der Waals surface area contributed by atoms with E-state index in [2.05, 4.69) is 22.9 Å². The molecule has 0 saturated carbocycles. The zero-order chi connectivity index (χ0) is 30.1. The quantitative estimate of drug-likeness (QED) is 0.160. The van der Waals surface area contributed by atoms with Gasteiger partial charge in [-0.1, -0.05) is 53.1 Å². The van der Waals surface area contributed by atoms with Crippen LogP contribution in [0.15, 0.2) is 63.7 Å². The van der Waals surface area contributed by atoms with E-state index in [9.17, 15) is 34.9 Å². The second kappa shape index (κ2) is 12.9. The maximum absolute atomic E-state index is 13.8. The lowest BCUT2D eigenvalue weighted by Crippen LogP contribution is -2.46. The fourth-order valence-corrected chi connectivity index (χ4v) is 7.14. The van der Waals surface area contributed by atoms with Crippen molar-refractivity contribution in [3.8, 4) is 5.75 Å². The average Bonchev–Trinajstić information content (AvgIpc) is 3.22. The van der Waals surface area contributed by atoms with Gasteiger partial charge in [0.25, 0.3) is 0 Å². The molecular formula is C30H34B2BrNO8. The summed E-state index contributed by atoms with van der Waals surface area (Å²) in [7, 11) is -2.89. The summed E-state index contributed by atoms with van der Waals surface area (Å²) in [6, 6.07) is 11.3. The number of imide groups is 1. The van der Waals surface area contributed by atoms with Crippen LogP contribution < -0.4 is 10.4 Å². The highest BCUT2D eigenvalue weighted by Gasteiger charge is 2.57. The summed E-state index contributed by atoms with van der Waals surface area (Å²) in [6.45, 7) is 1.78. The van der Waals surface area contributed by atoms with E-state index in [0.717, 1.165) is 33.4 Å². The highest BCUT2D eigenvalue weighted by molar-refractivity contribution is 9.10. The lowest BCUT2D eigenvalue weighted by Gasteiger charge is -2.43. The molecule has 0 unspecified atom stereocenters. The first-order valence-corrected chi connectivity index (χ1v) is 15.1. The molecule has 1 aliphatic carbocycles. The van der Waals surface area contributed by atoms with E-state index in [0.29, 0.717) is 24.0 Å². The zero-order valence-corrected chi connectivity index (χ0v) is 24.9. The van der Waals surface area contributed by atoms with Crippen molar-refractivity contribution in [2.75, 3.05) is 11.5 Å². The summed E-state index contributed by atoms with van der Waals surface area (Å²) in [5, 5.41) is 50.8. The SMILES string of the molecule is CCC/C(=C\c1cc(Br)ccc1O)CC[C@H]1OB(O)C[C@H]2C1=C(CO)C[C@H]1C(=O)N(c3cccc(B(O)O)c3)C(=O)[C@H]12. The number of phenolic OH excluding ortho intramolecular Hbond substituents is 1. The lowest BCUT2D eigenvalue weighted by molar-refractivity contribution is -0.122. The van der Waals surface area contributed by atoms with Crippen LogP contribution in [0.1, 0.15) is 44.6 Å². The average molecular weight is 638 g/mol. The Balaban J connectivity index is 1.43. The molecule has 0 spiro atoms. The summed E-state index contributed by atoms with van der Waals surface area (Å²) in [5.41, 5.74) is 3.64. The van der Waals surface area contributed by atoms with Gasteiger partial charge in [-0.25, -0.2) is 0 Å². The molecule has 220 valence electrons. The molecule has 0 bridgehead atoms. The van der Waals surface area contributed by atoms with E-state index in [4.69, 9.17) is 4.65 Å². The molecule has 4 atom stereocenters. The number of aliphatic hydroxyl groups is 1. The number of fused-ring (bicyclic) bond motifs is 3. The highest BCUT2D eigenvalue weighted by atomic mass is 79.9. The van der Waals surface area contributed by atoms with Gasteiger partial charge in [0.15, 0.2) is 0 Å². The molecule has 2 aliphatic heterocycles. The Morgan fingerprint density at radius 2 is 1.93 bits per heavy atom. The highest BCUT2D eigenvalue weighted by Crippen LogP contribution is 2.51. The van der Waals surface area contributed by atoms with E-state index in [-0.39, 0.29) is 36.2 Å². The van der Waals surface area contributed by atoms with E-state index in [1.165, 1.54) is 12.1 Å². The largest absolute Gasteiger partial charge is 0.507 e. The fourth-order valence-electron chi connectivity index (χ4n) is 6.76. The third-order valence-corrected chi connectivity index (χ3v) is 9.07. The van der Waals surface area contributed by atoms with Crippen LogP contribution in [-0.4, -0.2) is 64.0 Å². The normalized spacial score (nSPS) is 24.3. The smallest absolute Gasteiger partial charge is 0.488 e. The Bertz CT molecular complexity index is 1430. The Hall–Kier alpha value is -2.73. The van der Waals surface area contributed by atoms with Crippen molar-refractivity contribution in [3.05, 3.63) is 69.2 Å². The first-order chi connectivity index (χ1) is 20.1. The van der Waals surface area contributed by atoms with Gasteiger partial charge >= 0.3 is 14.2 Å². The number of rotatable bonds is 9. The number of hydrogen-bond acceptors (Lipinski definition) is 8. The summed E-state index contributed by atoms with van der Waals surface area (Å²) < 4.78 is 6.86. The number of carbonyl (C=O) groups excluding carboxylic acids is 2. The fraction of sp³-hybridized carbons (Fsp3) is 0.400. The number of aromatic hydroxyl groups is 1. The van der Waals surface area contributed by atoms with Gasteiger partial charge in [-0.05, 0) is 84.9 Å². The number of benzene rings is 2. The number of allylic oxidation sites excluding steroid dienone is 1. The number of phenols is 1. The molecule has 2 aromatic rings. The second-order valence-corrected chi connectivity index (χ2v) is 12.2. The van der Waals surface area contributed by atoms with Gasteiger partial charge in [-0.15, -0.1) is 0 Å². The van der Waals surface area contributed by atoms with Crippen LogP contribution in [-0.2, 0) is 14.2 Å². The van der Waals surface area contributed by atoms with Gasteiger partial charge in [-0.3, -0.25) is 14.5 Å². The van der Waals surface area contributed by atoms with Gasteiger partial charge in [0.05, 0.1) is 30.2 Å². The number of anilines is 1. The number of halogens is 1. The molecule has 2 aromatic carbocycles. The number of carbonyl (C=O) groups is 2. The van der Waals surface area contributed by atoms with Crippen molar-refractivity contribution in [2.24, 2.45) is 17.8 Å². The Kier molecular flexibility index (Phi) is 9.41. The van der Waals surface area contributed by atoms with E-state index in [1.54, 1.807) is 24.3 Å². The molecule has 0 radical (unpaired) electrons. The van der Waals surface area contributed by atoms with Gasteiger partial charge in [0.1, 0.15) is 5.75 Å². The van der Waals surface area contributed by atoms with E-state index < -0.39 is 49.9 Å². The summed E-state index contributed by atoms with van der Waals surface area (Å²) in [6.07, 6.45) is 4.54. The lowest BCUT2D eigenvalue weighted by atomic mass is 9.58. The van der Waals surface area contributed by atoms with Gasteiger partial charge in [-0.2, -0.15) is 0 Å². The topological polar surface area (TPSA) is 148 Å². The molecule has 42 heavy (non-hydrogen) atoms. The molecule has 12 heteroatoms. The van der Waals surface area contributed by atoms with Crippen molar-refractivity contribution < 1.29 is 39.5 Å². The predicted octanol–water partition coefficient (Wildman–Crippen LogP) is 2.79. The molecule has 5 N–H and O–H groups in total. The van der Waals surface area contributed by atoms with Crippen LogP contribution in [0.4, 0.5) is 5.69 Å². The van der Waals surface area contributed by atoms with Crippen LogP contribution in [0.3, 0.4) is 0 Å². The first kappa shape index (κ1) is 30.7. The minimum Gasteiger partial charge on any atom is -0.507 e. The molecule has 0 aromatic heterocycles. The van der Waals surface area contributed by atoms with Crippen LogP contribution in [0.5, 0.6) is 5.75 Å². The Labute approximate surface area is 253 Å². The molecule has 2 saturated heterocycles.